The fraction of sp³-hybridized carbons (Fsp3) is 0.333. The molecule has 0 fully saturated rings. The lowest BCUT2D eigenvalue weighted by molar-refractivity contribution is 0.509. The molecule has 0 saturated carbocycles. The molecule has 1 aromatic carbocycles. The Labute approximate surface area is 113 Å². The van der Waals surface area contributed by atoms with E-state index in [1.54, 1.807) is 6.07 Å². The molecule has 0 spiro atoms. The van der Waals surface area contributed by atoms with E-state index >= 15 is 0 Å². The zero-order chi connectivity index (χ0) is 13.1. The van der Waals surface area contributed by atoms with Crippen LogP contribution in [0.1, 0.15) is 25.7 Å². The number of anilines is 1. The van der Waals surface area contributed by atoms with Gasteiger partial charge in [0, 0.05) is 16.2 Å². The van der Waals surface area contributed by atoms with Crippen molar-refractivity contribution in [2.75, 3.05) is 5.32 Å². The SMILES string of the molecule is CC(C)n1ncnc1CNc1ccc(F)cc1Br. The van der Waals surface area contributed by atoms with Crippen molar-refractivity contribution in [2.45, 2.75) is 26.4 Å². The van der Waals surface area contributed by atoms with Gasteiger partial charge in [-0.2, -0.15) is 5.10 Å². The number of nitrogens with zero attached hydrogens (tertiary/aromatic N) is 3. The molecule has 1 N–H and O–H groups in total. The summed E-state index contributed by atoms with van der Waals surface area (Å²) in [6.45, 7) is 4.64. The van der Waals surface area contributed by atoms with Crippen molar-refractivity contribution >= 4 is 21.6 Å². The first-order valence-corrected chi connectivity index (χ1v) is 6.44. The maximum Gasteiger partial charge on any atom is 0.146 e. The van der Waals surface area contributed by atoms with E-state index in [1.165, 1.54) is 18.5 Å². The topological polar surface area (TPSA) is 42.7 Å². The van der Waals surface area contributed by atoms with Gasteiger partial charge in [-0.1, -0.05) is 0 Å². The lowest BCUT2D eigenvalue weighted by atomic mass is 10.3. The molecule has 0 saturated heterocycles. The van der Waals surface area contributed by atoms with Crippen LogP contribution in [0.2, 0.25) is 0 Å². The number of hydrogen-bond donors (Lipinski definition) is 1. The predicted octanol–water partition coefficient (Wildman–Crippen LogP) is 3.37. The van der Waals surface area contributed by atoms with Gasteiger partial charge in [0.2, 0.25) is 0 Å². The minimum absolute atomic E-state index is 0.265. The summed E-state index contributed by atoms with van der Waals surface area (Å²) in [4.78, 5) is 4.20. The Morgan fingerprint density at radius 1 is 1.44 bits per heavy atom. The van der Waals surface area contributed by atoms with Crippen LogP contribution in [0.3, 0.4) is 0 Å². The third-order valence-electron chi connectivity index (χ3n) is 2.50. The quantitative estimate of drug-likeness (QED) is 0.941. The smallest absolute Gasteiger partial charge is 0.146 e. The number of aromatic nitrogens is 3. The maximum absolute atomic E-state index is 12.9. The van der Waals surface area contributed by atoms with Gasteiger partial charge in [0.15, 0.2) is 0 Å². The molecule has 4 nitrogen and oxygen atoms in total. The van der Waals surface area contributed by atoms with Crippen molar-refractivity contribution in [3.8, 4) is 0 Å². The highest BCUT2D eigenvalue weighted by Gasteiger charge is 2.08. The summed E-state index contributed by atoms with van der Waals surface area (Å²) in [5, 5.41) is 7.36. The number of benzene rings is 1. The van der Waals surface area contributed by atoms with Crippen LogP contribution in [-0.4, -0.2) is 14.8 Å². The Hall–Kier alpha value is -1.43. The van der Waals surface area contributed by atoms with Crippen LogP contribution in [0.15, 0.2) is 29.0 Å². The minimum atomic E-state index is -0.266. The van der Waals surface area contributed by atoms with Crippen molar-refractivity contribution < 1.29 is 4.39 Å². The maximum atomic E-state index is 12.9. The van der Waals surface area contributed by atoms with Crippen LogP contribution in [0.25, 0.3) is 0 Å². The second kappa shape index (κ2) is 5.48. The van der Waals surface area contributed by atoms with Gasteiger partial charge in [-0.25, -0.2) is 14.1 Å². The van der Waals surface area contributed by atoms with E-state index in [9.17, 15) is 4.39 Å². The molecule has 6 heteroatoms. The Morgan fingerprint density at radius 3 is 2.89 bits per heavy atom. The van der Waals surface area contributed by atoms with Gasteiger partial charge in [0.1, 0.15) is 18.0 Å². The summed E-state index contributed by atoms with van der Waals surface area (Å²) in [6.07, 6.45) is 1.54. The van der Waals surface area contributed by atoms with E-state index in [0.717, 1.165) is 11.5 Å². The lowest BCUT2D eigenvalue weighted by Crippen LogP contribution is -2.12. The van der Waals surface area contributed by atoms with Gasteiger partial charge in [-0.15, -0.1) is 0 Å². The van der Waals surface area contributed by atoms with Crippen LogP contribution in [-0.2, 0) is 6.54 Å². The number of hydrogen-bond acceptors (Lipinski definition) is 3. The summed E-state index contributed by atoms with van der Waals surface area (Å²) in [7, 11) is 0. The standard InChI is InChI=1S/C12H14BrFN4/c1-8(2)18-12(16-7-17-18)6-15-11-4-3-9(14)5-10(11)13/h3-5,7-8,15H,6H2,1-2H3. The van der Waals surface area contributed by atoms with E-state index in [4.69, 9.17) is 0 Å². The number of rotatable bonds is 4. The molecule has 1 heterocycles. The van der Waals surface area contributed by atoms with Crippen LogP contribution in [0.5, 0.6) is 0 Å². The van der Waals surface area contributed by atoms with Crippen molar-refractivity contribution in [3.05, 3.63) is 40.6 Å². The van der Waals surface area contributed by atoms with Crippen molar-refractivity contribution in [3.63, 3.8) is 0 Å². The highest BCUT2D eigenvalue weighted by Crippen LogP contribution is 2.23. The zero-order valence-electron chi connectivity index (χ0n) is 10.2. The molecule has 18 heavy (non-hydrogen) atoms. The molecule has 2 rings (SSSR count). The second-order valence-electron chi connectivity index (χ2n) is 4.19. The first-order valence-electron chi connectivity index (χ1n) is 5.65. The average molecular weight is 313 g/mol. The van der Waals surface area contributed by atoms with Gasteiger partial charge < -0.3 is 5.32 Å². The van der Waals surface area contributed by atoms with Gasteiger partial charge >= 0.3 is 0 Å². The van der Waals surface area contributed by atoms with Crippen molar-refractivity contribution in [2.24, 2.45) is 0 Å². The van der Waals surface area contributed by atoms with Crippen LogP contribution >= 0.6 is 15.9 Å². The van der Waals surface area contributed by atoms with Crippen molar-refractivity contribution in [1.29, 1.82) is 0 Å². The largest absolute Gasteiger partial charge is 0.377 e. The molecular formula is C12H14BrFN4. The van der Waals surface area contributed by atoms with Crippen LogP contribution < -0.4 is 5.32 Å². The van der Waals surface area contributed by atoms with E-state index in [1.807, 2.05) is 18.5 Å². The van der Waals surface area contributed by atoms with Gasteiger partial charge in [-0.3, -0.25) is 0 Å². The van der Waals surface area contributed by atoms with Gasteiger partial charge in [0.05, 0.1) is 6.54 Å². The third-order valence-corrected chi connectivity index (χ3v) is 3.16. The molecule has 0 aliphatic carbocycles. The van der Waals surface area contributed by atoms with E-state index in [0.29, 0.717) is 11.0 Å². The molecule has 0 aliphatic rings. The fourth-order valence-electron chi connectivity index (χ4n) is 1.64. The molecule has 0 atom stereocenters. The molecule has 96 valence electrons. The zero-order valence-corrected chi connectivity index (χ0v) is 11.8. The van der Waals surface area contributed by atoms with Crippen molar-refractivity contribution in [1.82, 2.24) is 14.8 Å². The third kappa shape index (κ3) is 2.87. The number of nitrogens with one attached hydrogen (secondary N) is 1. The Bertz CT molecular complexity index is 539. The molecule has 0 amide bonds. The average Bonchev–Trinajstić information content (AvgIpc) is 2.76. The monoisotopic (exact) mass is 312 g/mol. The van der Waals surface area contributed by atoms with Crippen LogP contribution in [0.4, 0.5) is 10.1 Å². The second-order valence-corrected chi connectivity index (χ2v) is 5.05. The highest BCUT2D eigenvalue weighted by atomic mass is 79.9. The summed E-state index contributed by atoms with van der Waals surface area (Å²) >= 11 is 3.31. The molecule has 2 aromatic rings. The minimum Gasteiger partial charge on any atom is -0.377 e. The Balaban J connectivity index is 2.09. The fourth-order valence-corrected chi connectivity index (χ4v) is 2.13. The molecule has 0 aliphatic heterocycles. The van der Waals surface area contributed by atoms with E-state index in [-0.39, 0.29) is 11.9 Å². The van der Waals surface area contributed by atoms with Gasteiger partial charge in [0.25, 0.3) is 0 Å². The Morgan fingerprint density at radius 2 is 2.22 bits per heavy atom. The summed E-state index contributed by atoms with van der Waals surface area (Å²) in [5.41, 5.74) is 0.828. The molecular weight excluding hydrogens is 299 g/mol. The molecule has 0 bridgehead atoms. The highest BCUT2D eigenvalue weighted by molar-refractivity contribution is 9.10. The molecule has 1 aromatic heterocycles. The summed E-state index contributed by atoms with van der Waals surface area (Å²) in [6, 6.07) is 4.80. The Kier molecular flexibility index (Phi) is 3.96. The number of halogens is 2. The lowest BCUT2D eigenvalue weighted by Gasteiger charge is -2.11. The van der Waals surface area contributed by atoms with E-state index < -0.39 is 0 Å². The van der Waals surface area contributed by atoms with Gasteiger partial charge in [-0.05, 0) is 48.0 Å². The predicted molar refractivity (Wildman–Crippen MR) is 71.8 cm³/mol. The first kappa shape index (κ1) is 13.0. The summed E-state index contributed by atoms with van der Waals surface area (Å²) < 4.78 is 15.5. The molecule has 0 unspecified atom stereocenters. The first-order chi connectivity index (χ1) is 8.58. The van der Waals surface area contributed by atoms with E-state index in [2.05, 4.69) is 31.3 Å². The van der Waals surface area contributed by atoms with Crippen LogP contribution in [0, 0.1) is 5.82 Å². The summed E-state index contributed by atoms with van der Waals surface area (Å²) in [5.74, 6) is 0.582. The normalized spacial score (nSPS) is 10.9. The molecule has 0 radical (unpaired) electrons.